The molecular weight excluding hydrogens is 314 g/mol. The van der Waals surface area contributed by atoms with E-state index in [-0.39, 0.29) is 6.04 Å². The van der Waals surface area contributed by atoms with E-state index in [1.54, 1.807) is 6.26 Å². The van der Waals surface area contributed by atoms with E-state index in [0.29, 0.717) is 18.6 Å². The quantitative estimate of drug-likeness (QED) is 0.584. The van der Waals surface area contributed by atoms with E-state index >= 15 is 0 Å². The lowest BCUT2D eigenvalue weighted by atomic mass is 10.0. The SMILES string of the molecule is CCNC(=NCC(c1ccco1)N(C)C)NC1CCN(C(C)C)CC1. The Morgan fingerprint density at radius 1 is 1.36 bits per heavy atom. The zero-order valence-electron chi connectivity index (χ0n) is 16.5. The van der Waals surface area contributed by atoms with Gasteiger partial charge in [0.15, 0.2) is 5.96 Å². The van der Waals surface area contributed by atoms with Crippen molar-refractivity contribution in [2.24, 2.45) is 4.99 Å². The van der Waals surface area contributed by atoms with Crippen LogP contribution in [0.1, 0.15) is 45.4 Å². The highest BCUT2D eigenvalue weighted by Crippen LogP contribution is 2.19. The van der Waals surface area contributed by atoms with Crippen LogP contribution < -0.4 is 10.6 Å². The zero-order chi connectivity index (χ0) is 18.2. The number of likely N-dealkylation sites (N-methyl/N-ethyl adjacent to an activating group) is 1. The molecule has 1 aromatic heterocycles. The molecule has 142 valence electrons. The molecule has 2 heterocycles. The third-order valence-corrected chi connectivity index (χ3v) is 4.86. The summed E-state index contributed by atoms with van der Waals surface area (Å²) in [7, 11) is 4.12. The lowest BCUT2D eigenvalue weighted by Gasteiger charge is -2.35. The minimum absolute atomic E-state index is 0.147. The maximum absolute atomic E-state index is 5.58. The van der Waals surface area contributed by atoms with E-state index < -0.39 is 0 Å². The molecule has 1 saturated heterocycles. The fraction of sp³-hybridized carbons (Fsp3) is 0.737. The lowest BCUT2D eigenvalue weighted by molar-refractivity contribution is 0.167. The predicted octanol–water partition coefficient (Wildman–Crippen LogP) is 2.31. The average Bonchev–Trinajstić information content (AvgIpc) is 3.09. The molecule has 1 aliphatic heterocycles. The van der Waals surface area contributed by atoms with Crippen LogP contribution in [-0.4, -0.2) is 68.1 Å². The Hall–Kier alpha value is -1.53. The van der Waals surface area contributed by atoms with Gasteiger partial charge in [-0.25, -0.2) is 0 Å². The number of nitrogens with zero attached hydrogens (tertiary/aromatic N) is 3. The van der Waals surface area contributed by atoms with Crippen LogP contribution in [0, 0.1) is 0 Å². The highest BCUT2D eigenvalue weighted by Gasteiger charge is 2.22. The van der Waals surface area contributed by atoms with Crippen LogP contribution in [0.4, 0.5) is 0 Å². The van der Waals surface area contributed by atoms with Crippen LogP contribution in [0.25, 0.3) is 0 Å². The van der Waals surface area contributed by atoms with Gasteiger partial charge in [0.25, 0.3) is 0 Å². The van der Waals surface area contributed by atoms with Gasteiger partial charge in [0.05, 0.1) is 18.8 Å². The third kappa shape index (κ3) is 6.04. The Morgan fingerprint density at radius 2 is 2.08 bits per heavy atom. The van der Waals surface area contributed by atoms with Gasteiger partial charge < -0.3 is 20.0 Å². The van der Waals surface area contributed by atoms with E-state index in [4.69, 9.17) is 9.41 Å². The first-order valence-corrected chi connectivity index (χ1v) is 9.50. The monoisotopic (exact) mass is 349 g/mol. The predicted molar refractivity (Wildman–Crippen MR) is 104 cm³/mol. The summed E-state index contributed by atoms with van der Waals surface area (Å²) < 4.78 is 5.58. The first kappa shape index (κ1) is 19.8. The molecule has 1 fully saturated rings. The van der Waals surface area contributed by atoms with Gasteiger partial charge in [0.1, 0.15) is 5.76 Å². The van der Waals surface area contributed by atoms with E-state index in [1.807, 2.05) is 12.1 Å². The molecule has 0 aliphatic carbocycles. The zero-order valence-corrected chi connectivity index (χ0v) is 16.5. The van der Waals surface area contributed by atoms with Crippen LogP contribution in [0.5, 0.6) is 0 Å². The number of hydrogen-bond donors (Lipinski definition) is 2. The second-order valence-corrected chi connectivity index (χ2v) is 7.26. The van der Waals surface area contributed by atoms with Crippen LogP contribution in [0.15, 0.2) is 27.8 Å². The van der Waals surface area contributed by atoms with E-state index in [9.17, 15) is 0 Å². The first-order chi connectivity index (χ1) is 12.0. The Labute approximate surface area is 152 Å². The Bertz CT molecular complexity index is 504. The van der Waals surface area contributed by atoms with Crippen molar-refractivity contribution in [3.63, 3.8) is 0 Å². The van der Waals surface area contributed by atoms with Crippen molar-refractivity contribution in [1.29, 1.82) is 0 Å². The van der Waals surface area contributed by atoms with Crippen molar-refractivity contribution >= 4 is 5.96 Å². The fourth-order valence-corrected chi connectivity index (χ4v) is 3.24. The number of piperidine rings is 1. The highest BCUT2D eigenvalue weighted by molar-refractivity contribution is 5.80. The minimum atomic E-state index is 0.147. The summed E-state index contributed by atoms with van der Waals surface area (Å²) in [5.41, 5.74) is 0. The summed E-state index contributed by atoms with van der Waals surface area (Å²) >= 11 is 0. The minimum Gasteiger partial charge on any atom is -0.468 e. The molecule has 1 atom stereocenters. The second kappa shape index (κ2) is 9.82. The van der Waals surface area contributed by atoms with Gasteiger partial charge in [-0.1, -0.05) is 0 Å². The molecule has 0 saturated carbocycles. The summed E-state index contributed by atoms with van der Waals surface area (Å²) in [4.78, 5) is 9.51. The molecule has 0 radical (unpaired) electrons. The van der Waals surface area contributed by atoms with Gasteiger partial charge in [-0.15, -0.1) is 0 Å². The Balaban J connectivity index is 1.94. The third-order valence-electron chi connectivity index (χ3n) is 4.86. The largest absolute Gasteiger partial charge is 0.468 e. The van der Waals surface area contributed by atoms with E-state index in [2.05, 4.69) is 55.3 Å². The van der Waals surface area contributed by atoms with Crippen molar-refractivity contribution in [1.82, 2.24) is 20.4 Å². The van der Waals surface area contributed by atoms with Crippen LogP contribution >= 0.6 is 0 Å². The molecule has 25 heavy (non-hydrogen) atoms. The fourth-order valence-electron chi connectivity index (χ4n) is 3.24. The highest BCUT2D eigenvalue weighted by atomic mass is 16.3. The number of guanidine groups is 1. The van der Waals surface area contributed by atoms with Gasteiger partial charge in [-0.05, 0) is 59.8 Å². The molecule has 0 spiro atoms. The molecule has 6 heteroatoms. The summed E-state index contributed by atoms with van der Waals surface area (Å²) in [6.45, 7) is 10.5. The van der Waals surface area contributed by atoms with Gasteiger partial charge in [0.2, 0.25) is 0 Å². The first-order valence-electron chi connectivity index (χ1n) is 9.50. The summed E-state index contributed by atoms with van der Waals surface area (Å²) in [5.74, 6) is 1.86. The lowest BCUT2D eigenvalue weighted by Crippen LogP contribution is -2.50. The van der Waals surface area contributed by atoms with Crippen molar-refractivity contribution in [2.75, 3.05) is 40.3 Å². The smallest absolute Gasteiger partial charge is 0.191 e. The maximum Gasteiger partial charge on any atom is 0.191 e. The summed E-state index contributed by atoms with van der Waals surface area (Å²) in [6, 6.07) is 5.23. The summed E-state index contributed by atoms with van der Waals surface area (Å²) in [5, 5.41) is 7.00. The van der Waals surface area contributed by atoms with Crippen molar-refractivity contribution in [3.8, 4) is 0 Å². The van der Waals surface area contributed by atoms with Crippen molar-refractivity contribution in [2.45, 2.75) is 51.7 Å². The second-order valence-electron chi connectivity index (χ2n) is 7.26. The summed E-state index contributed by atoms with van der Waals surface area (Å²) in [6.07, 6.45) is 4.05. The standard InChI is InChI=1S/C19H35N5O/c1-6-20-19(22-16-9-11-24(12-10-16)15(2)3)21-14-17(23(4)5)18-8-7-13-25-18/h7-8,13,15-17H,6,9-12,14H2,1-5H3,(H2,20,21,22). The molecule has 1 unspecified atom stereocenters. The number of furan rings is 1. The van der Waals surface area contributed by atoms with E-state index in [1.165, 1.54) is 0 Å². The Morgan fingerprint density at radius 3 is 2.60 bits per heavy atom. The van der Waals surface area contributed by atoms with Crippen LogP contribution in [0.2, 0.25) is 0 Å². The molecule has 6 nitrogen and oxygen atoms in total. The molecule has 1 aromatic rings. The van der Waals surface area contributed by atoms with Gasteiger partial charge >= 0.3 is 0 Å². The van der Waals surface area contributed by atoms with Gasteiger partial charge in [-0.2, -0.15) is 0 Å². The number of aliphatic imine (C=N–C) groups is 1. The van der Waals surface area contributed by atoms with E-state index in [0.717, 1.165) is 44.2 Å². The topological polar surface area (TPSA) is 56.0 Å². The number of likely N-dealkylation sites (tertiary alicyclic amines) is 1. The molecule has 0 amide bonds. The van der Waals surface area contributed by atoms with Gasteiger partial charge in [0, 0.05) is 31.7 Å². The molecule has 1 aliphatic rings. The number of rotatable bonds is 7. The number of nitrogens with one attached hydrogen (secondary N) is 2. The molecule has 2 N–H and O–H groups in total. The maximum atomic E-state index is 5.58. The Kier molecular flexibility index (Phi) is 7.78. The van der Waals surface area contributed by atoms with Crippen LogP contribution in [-0.2, 0) is 0 Å². The molecule has 0 aromatic carbocycles. The van der Waals surface area contributed by atoms with Crippen molar-refractivity contribution < 1.29 is 4.42 Å². The molecule has 0 bridgehead atoms. The van der Waals surface area contributed by atoms with Crippen LogP contribution in [0.3, 0.4) is 0 Å². The van der Waals surface area contributed by atoms with Gasteiger partial charge in [-0.3, -0.25) is 9.89 Å². The number of hydrogen-bond acceptors (Lipinski definition) is 4. The van der Waals surface area contributed by atoms with Crippen molar-refractivity contribution in [3.05, 3.63) is 24.2 Å². The normalized spacial score (nSPS) is 18.8. The average molecular weight is 350 g/mol. The molecular formula is C19H35N5O. The molecule has 2 rings (SSSR count).